The highest BCUT2D eigenvalue weighted by Gasteiger charge is 2.52. The third kappa shape index (κ3) is 7.00. The number of hydrogen-bond acceptors (Lipinski definition) is 11. The summed E-state index contributed by atoms with van der Waals surface area (Å²) in [6, 6.07) is 5.42. The maximum absolute atomic E-state index is 13.1. The van der Waals surface area contributed by atoms with E-state index in [0.29, 0.717) is 30.2 Å². The van der Waals surface area contributed by atoms with Gasteiger partial charge in [-0.15, -0.1) is 16.4 Å². The molecule has 0 bridgehead atoms. The van der Waals surface area contributed by atoms with Gasteiger partial charge >= 0.3 is 5.97 Å². The highest BCUT2D eigenvalue weighted by molar-refractivity contribution is 7.89. The summed E-state index contributed by atoms with van der Waals surface area (Å²) in [6.45, 7) is 2.90. The van der Waals surface area contributed by atoms with E-state index in [1.165, 1.54) is 20.3 Å². The molecule has 2 amide bonds. The number of piperidine rings is 1. The van der Waals surface area contributed by atoms with Crippen LogP contribution in [0.15, 0.2) is 46.2 Å². The molecular formula is C26H31N7O7S2. The van der Waals surface area contributed by atoms with Crippen molar-refractivity contribution >= 4 is 39.1 Å². The minimum Gasteiger partial charge on any atom is -0.464 e. The van der Waals surface area contributed by atoms with Gasteiger partial charge in [-0.2, -0.15) is 4.31 Å². The zero-order valence-electron chi connectivity index (χ0n) is 22.8. The molecule has 1 unspecified atom stereocenters. The van der Waals surface area contributed by atoms with Crippen LogP contribution in [0.1, 0.15) is 37.6 Å². The van der Waals surface area contributed by atoms with Gasteiger partial charge in [0.25, 0.3) is 5.91 Å². The second-order valence-electron chi connectivity index (χ2n) is 9.81. The van der Waals surface area contributed by atoms with E-state index in [1.54, 1.807) is 48.3 Å². The number of epoxide rings is 1. The number of carbonyl (C=O) groups excluding carboxylic acids is 3. The summed E-state index contributed by atoms with van der Waals surface area (Å²) in [6.07, 6.45) is 2.50. The number of hydrogen-bond donors (Lipinski definition) is 2. The van der Waals surface area contributed by atoms with Crippen LogP contribution in [-0.2, 0) is 46.8 Å². The van der Waals surface area contributed by atoms with Gasteiger partial charge in [-0.1, -0.05) is 11.6 Å². The molecule has 0 radical (unpaired) electrons. The molecule has 3 aromatic rings. The van der Waals surface area contributed by atoms with Crippen molar-refractivity contribution in [1.29, 1.82) is 0 Å². The quantitative estimate of drug-likeness (QED) is 0.216. The normalized spacial score (nSPS) is 19.5. The van der Waals surface area contributed by atoms with Crippen molar-refractivity contribution in [2.45, 2.75) is 62.3 Å². The third-order valence-electron chi connectivity index (χ3n) is 6.84. The van der Waals surface area contributed by atoms with E-state index >= 15 is 0 Å². The van der Waals surface area contributed by atoms with E-state index in [1.807, 2.05) is 0 Å². The van der Waals surface area contributed by atoms with E-state index in [9.17, 15) is 22.8 Å². The lowest BCUT2D eigenvalue weighted by Crippen LogP contribution is -2.49. The number of nitrogens with one attached hydrogen (secondary N) is 2. The van der Waals surface area contributed by atoms with E-state index in [0.717, 1.165) is 19.3 Å². The van der Waals surface area contributed by atoms with Crippen LogP contribution in [0.4, 0.5) is 0 Å². The average molecular weight is 618 g/mol. The van der Waals surface area contributed by atoms with E-state index in [2.05, 4.69) is 25.9 Å². The minimum atomic E-state index is -3.55. The fraction of sp³-hybridized carbons (Fsp3) is 0.462. The van der Waals surface area contributed by atoms with Gasteiger partial charge in [-0.25, -0.2) is 22.9 Å². The van der Waals surface area contributed by atoms with Crippen LogP contribution in [0.25, 0.3) is 5.69 Å². The van der Waals surface area contributed by atoms with Crippen LogP contribution in [0.2, 0.25) is 0 Å². The molecule has 1 aromatic carbocycles. The molecule has 2 aromatic heterocycles. The summed E-state index contributed by atoms with van der Waals surface area (Å²) in [5.74, 6) is -1.70. The Kier molecular flexibility index (Phi) is 9.25. The van der Waals surface area contributed by atoms with Crippen LogP contribution in [0.5, 0.6) is 0 Å². The van der Waals surface area contributed by atoms with Crippen molar-refractivity contribution in [1.82, 2.24) is 34.9 Å². The molecule has 0 spiro atoms. The van der Waals surface area contributed by atoms with Crippen molar-refractivity contribution in [3.63, 3.8) is 0 Å². The monoisotopic (exact) mass is 617 g/mol. The number of esters is 1. The Morgan fingerprint density at radius 1 is 1.12 bits per heavy atom. The van der Waals surface area contributed by atoms with Gasteiger partial charge in [-0.3, -0.25) is 9.59 Å². The molecule has 2 aliphatic heterocycles. The second kappa shape index (κ2) is 13.1. The van der Waals surface area contributed by atoms with Crippen molar-refractivity contribution in [2.24, 2.45) is 0 Å². The van der Waals surface area contributed by atoms with Gasteiger partial charge in [0.1, 0.15) is 11.7 Å². The molecule has 2 fully saturated rings. The fourth-order valence-corrected chi connectivity index (χ4v) is 6.65. The summed E-state index contributed by atoms with van der Waals surface area (Å²) in [5.41, 5.74) is 3.30. The van der Waals surface area contributed by atoms with Gasteiger partial charge in [-0.05, 0) is 44.0 Å². The largest absolute Gasteiger partial charge is 0.464 e. The smallest absolute Gasteiger partial charge is 0.338 e. The minimum absolute atomic E-state index is 0.0229. The van der Waals surface area contributed by atoms with Crippen molar-refractivity contribution in [2.75, 3.05) is 19.7 Å². The Morgan fingerprint density at radius 3 is 2.57 bits per heavy atom. The number of thiazole rings is 1. The van der Waals surface area contributed by atoms with Crippen LogP contribution < -0.4 is 10.6 Å². The first-order chi connectivity index (χ1) is 20.3. The summed E-state index contributed by atoms with van der Waals surface area (Å²) in [7, 11) is -3.55. The predicted molar refractivity (Wildman–Crippen MR) is 149 cm³/mol. The van der Waals surface area contributed by atoms with E-state index in [-0.39, 0.29) is 24.5 Å². The predicted octanol–water partition coefficient (Wildman–Crippen LogP) is 0.573. The first kappa shape index (κ1) is 29.8. The standard InChI is InChI=1S/C26H31N7O7S2/c1-2-39-26(36)23-22(40-23)25(35)29-21(12-17-15-41-16-28-17)24(34)27-13-18-14-33(31-30-18)19-6-8-20(9-7-19)42(37,38)32-10-4-3-5-11-32/h6-9,14-16,21-23H,2-5,10-13H2,1H3,(H,27,34)(H,29,35)/t21?,22-,23-/m0/s1. The molecule has 4 heterocycles. The number of ether oxygens (including phenoxy) is 2. The van der Waals surface area contributed by atoms with Crippen LogP contribution in [-0.4, -0.2) is 88.4 Å². The van der Waals surface area contributed by atoms with Crippen molar-refractivity contribution in [3.05, 3.63) is 52.7 Å². The van der Waals surface area contributed by atoms with E-state index < -0.39 is 46.1 Å². The Bertz CT molecular complexity index is 1500. The summed E-state index contributed by atoms with van der Waals surface area (Å²) in [5, 5.41) is 15.3. The summed E-state index contributed by atoms with van der Waals surface area (Å²) < 4.78 is 38.9. The van der Waals surface area contributed by atoms with Crippen molar-refractivity contribution in [3.8, 4) is 5.69 Å². The fourth-order valence-electron chi connectivity index (χ4n) is 4.56. The number of aromatic nitrogens is 4. The molecule has 224 valence electrons. The third-order valence-corrected chi connectivity index (χ3v) is 9.39. The second-order valence-corrected chi connectivity index (χ2v) is 12.5. The lowest BCUT2D eigenvalue weighted by molar-refractivity contribution is -0.144. The molecule has 0 saturated carbocycles. The topological polar surface area (TPSA) is 178 Å². The van der Waals surface area contributed by atoms with Gasteiger partial charge in [0.05, 0.1) is 41.1 Å². The zero-order chi connectivity index (χ0) is 29.7. The van der Waals surface area contributed by atoms with Crippen LogP contribution in [0.3, 0.4) is 0 Å². The molecule has 16 heteroatoms. The molecule has 3 atom stereocenters. The number of nitrogens with zero attached hydrogens (tertiary/aromatic N) is 5. The van der Waals surface area contributed by atoms with Crippen LogP contribution in [0, 0.1) is 0 Å². The number of benzene rings is 1. The lowest BCUT2D eigenvalue weighted by atomic mass is 10.1. The Morgan fingerprint density at radius 2 is 1.88 bits per heavy atom. The first-order valence-corrected chi connectivity index (χ1v) is 15.9. The lowest BCUT2D eigenvalue weighted by Gasteiger charge is -2.25. The molecule has 5 rings (SSSR count). The summed E-state index contributed by atoms with van der Waals surface area (Å²) in [4.78, 5) is 42.0. The van der Waals surface area contributed by atoms with Gasteiger partial charge in [0.2, 0.25) is 15.9 Å². The van der Waals surface area contributed by atoms with E-state index in [4.69, 9.17) is 9.47 Å². The SMILES string of the molecule is CCOC(=O)[C@H]1O[C@@H]1C(=O)NC(Cc1cscn1)C(=O)NCc1cn(-c2ccc(S(=O)(=O)N3CCCCC3)cc2)nn1. The molecule has 14 nitrogen and oxygen atoms in total. The maximum Gasteiger partial charge on any atom is 0.338 e. The Labute approximate surface area is 246 Å². The molecule has 0 aliphatic carbocycles. The molecular weight excluding hydrogens is 586 g/mol. The Balaban J connectivity index is 1.19. The summed E-state index contributed by atoms with van der Waals surface area (Å²) >= 11 is 1.36. The average Bonchev–Trinajstić information content (AvgIpc) is 3.38. The van der Waals surface area contributed by atoms with Gasteiger partial charge < -0.3 is 20.1 Å². The number of sulfonamides is 1. The zero-order valence-corrected chi connectivity index (χ0v) is 24.5. The van der Waals surface area contributed by atoms with Crippen molar-refractivity contribution < 1.29 is 32.3 Å². The van der Waals surface area contributed by atoms with Crippen LogP contribution >= 0.6 is 11.3 Å². The number of rotatable bonds is 12. The highest BCUT2D eigenvalue weighted by Crippen LogP contribution is 2.24. The molecule has 2 N–H and O–H groups in total. The molecule has 42 heavy (non-hydrogen) atoms. The highest BCUT2D eigenvalue weighted by atomic mass is 32.2. The number of carbonyl (C=O) groups is 3. The van der Waals surface area contributed by atoms with Gasteiger partial charge in [0.15, 0.2) is 12.2 Å². The Hall–Kier alpha value is -3.73. The molecule has 2 aliphatic rings. The first-order valence-electron chi connectivity index (χ1n) is 13.6. The molecule has 2 saturated heterocycles. The van der Waals surface area contributed by atoms with Gasteiger partial charge in [0, 0.05) is 24.9 Å². The maximum atomic E-state index is 13.1. The number of amides is 2.